The molecule has 0 bridgehead atoms. The number of anilines is 1. The number of nitrogens with zero attached hydrogens (tertiary/aromatic N) is 2. The summed E-state index contributed by atoms with van der Waals surface area (Å²) in [6, 6.07) is 6.08. The van der Waals surface area contributed by atoms with E-state index in [1.54, 1.807) is 26.2 Å². The molecule has 0 saturated heterocycles. The fourth-order valence-corrected chi connectivity index (χ4v) is 3.19. The lowest BCUT2D eigenvalue weighted by Gasteiger charge is -2.23. The predicted octanol–water partition coefficient (Wildman–Crippen LogP) is 0.758. The minimum absolute atomic E-state index is 0.109. The molecule has 0 spiro atoms. The lowest BCUT2D eigenvalue weighted by Crippen LogP contribution is -2.40. The van der Waals surface area contributed by atoms with Crippen LogP contribution in [0.3, 0.4) is 0 Å². The van der Waals surface area contributed by atoms with E-state index in [1.807, 2.05) is 6.92 Å². The molecule has 1 rings (SSSR count). The molecule has 0 aliphatic rings. The van der Waals surface area contributed by atoms with Crippen LogP contribution in [-0.2, 0) is 14.8 Å². The van der Waals surface area contributed by atoms with Gasteiger partial charge in [-0.05, 0) is 24.6 Å². The number of rotatable bonds is 6. The van der Waals surface area contributed by atoms with Crippen LogP contribution in [0.4, 0.5) is 5.69 Å². The zero-order valence-corrected chi connectivity index (χ0v) is 12.9. The van der Waals surface area contributed by atoms with Gasteiger partial charge < -0.3 is 10.6 Å². The third kappa shape index (κ3) is 3.94. The van der Waals surface area contributed by atoms with Gasteiger partial charge in [0.1, 0.15) is 0 Å². The van der Waals surface area contributed by atoms with Gasteiger partial charge in [-0.3, -0.25) is 4.79 Å². The third-order valence-corrected chi connectivity index (χ3v) is 4.62. The second kappa shape index (κ2) is 6.71. The maximum atomic E-state index is 12.5. The maximum Gasteiger partial charge on any atom is 0.243 e. The van der Waals surface area contributed by atoms with Crippen molar-refractivity contribution < 1.29 is 13.2 Å². The van der Waals surface area contributed by atoms with Crippen LogP contribution in [0.2, 0.25) is 0 Å². The summed E-state index contributed by atoms with van der Waals surface area (Å²) in [5, 5.41) is 0. The van der Waals surface area contributed by atoms with E-state index in [9.17, 15) is 13.2 Å². The number of nitrogen functional groups attached to an aromatic ring is 1. The average molecular weight is 299 g/mol. The van der Waals surface area contributed by atoms with E-state index in [2.05, 4.69) is 0 Å². The first kappa shape index (κ1) is 16.5. The zero-order valence-electron chi connectivity index (χ0n) is 12.0. The molecule has 1 aromatic carbocycles. The molecule has 0 heterocycles. The summed E-state index contributed by atoms with van der Waals surface area (Å²) in [6.07, 6.45) is 0.627. The monoisotopic (exact) mass is 299 g/mol. The van der Waals surface area contributed by atoms with E-state index in [1.165, 1.54) is 21.3 Å². The van der Waals surface area contributed by atoms with E-state index >= 15 is 0 Å². The van der Waals surface area contributed by atoms with Gasteiger partial charge in [0.05, 0.1) is 11.4 Å². The third-order valence-electron chi connectivity index (χ3n) is 2.78. The van der Waals surface area contributed by atoms with E-state index < -0.39 is 10.0 Å². The summed E-state index contributed by atoms with van der Waals surface area (Å²) in [6.45, 7) is 1.98. The Labute approximate surface area is 120 Å². The van der Waals surface area contributed by atoms with Crippen LogP contribution < -0.4 is 5.73 Å². The minimum atomic E-state index is -3.71. The lowest BCUT2D eigenvalue weighted by atomic mass is 10.3. The highest BCUT2D eigenvalue weighted by Gasteiger charge is 2.26. The van der Waals surface area contributed by atoms with Crippen LogP contribution in [0.1, 0.15) is 13.3 Å². The second-order valence-electron chi connectivity index (χ2n) is 4.70. The highest BCUT2D eigenvalue weighted by molar-refractivity contribution is 7.89. The first-order valence-corrected chi connectivity index (χ1v) is 7.79. The minimum Gasteiger partial charge on any atom is -0.399 e. The van der Waals surface area contributed by atoms with Crippen LogP contribution in [0, 0.1) is 0 Å². The molecular formula is C13H21N3O3S. The highest BCUT2D eigenvalue weighted by Crippen LogP contribution is 2.18. The number of nitrogens with two attached hydrogens (primary N) is 1. The van der Waals surface area contributed by atoms with Crippen molar-refractivity contribution in [1.82, 2.24) is 9.21 Å². The first-order chi connectivity index (χ1) is 9.28. The largest absolute Gasteiger partial charge is 0.399 e. The molecule has 7 heteroatoms. The fourth-order valence-electron chi connectivity index (χ4n) is 1.65. The Hall–Kier alpha value is -1.60. The zero-order chi connectivity index (χ0) is 15.3. The van der Waals surface area contributed by atoms with Gasteiger partial charge in [0.25, 0.3) is 0 Å². The van der Waals surface area contributed by atoms with Gasteiger partial charge in [-0.1, -0.05) is 13.0 Å². The molecule has 0 aliphatic carbocycles. The quantitative estimate of drug-likeness (QED) is 0.786. The SMILES string of the molecule is CCCN(CC(=O)N(C)C)S(=O)(=O)c1cccc(N)c1. The molecule has 1 aromatic rings. The molecule has 0 aromatic heterocycles. The van der Waals surface area contributed by atoms with Crippen LogP contribution in [0.15, 0.2) is 29.2 Å². The van der Waals surface area contributed by atoms with Gasteiger partial charge in [-0.15, -0.1) is 0 Å². The standard InChI is InChI=1S/C13H21N3O3S/c1-4-8-16(10-13(17)15(2)3)20(18,19)12-7-5-6-11(14)9-12/h5-7,9H,4,8,10,14H2,1-3H3. The van der Waals surface area contributed by atoms with E-state index in [0.29, 0.717) is 12.1 Å². The van der Waals surface area contributed by atoms with Gasteiger partial charge in [0.2, 0.25) is 15.9 Å². The average Bonchev–Trinajstić information content (AvgIpc) is 2.37. The van der Waals surface area contributed by atoms with Crippen LogP contribution >= 0.6 is 0 Å². The van der Waals surface area contributed by atoms with Crippen molar-refractivity contribution in [3.05, 3.63) is 24.3 Å². The van der Waals surface area contributed by atoms with E-state index in [4.69, 9.17) is 5.73 Å². The van der Waals surface area contributed by atoms with Crippen molar-refractivity contribution in [3.63, 3.8) is 0 Å². The number of carbonyl (C=O) groups excluding carboxylic acids is 1. The number of amides is 1. The Balaban J connectivity index is 3.09. The van der Waals surface area contributed by atoms with Gasteiger partial charge in [0.15, 0.2) is 0 Å². The van der Waals surface area contributed by atoms with Crippen molar-refractivity contribution in [2.75, 3.05) is 32.9 Å². The number of sulfonamides is 1. The van der Waals surface area contributed by atoms with Crippen molar-refractivity contribution in [2.24, 2.45) is 0 Å². The number of benzene rings is 1. The lowest BCUT2D eigenvalue weighted by molar-refractivity contribution is -0.128. The van der Waals surface area contributed by atoms with Crippen LogP contribution in [-0.4, -0.2) is 50.7 Å². The molecule has 112 valence electrons. The molecule has 0 aliphatic heterocycles. The smallest absolute Gasteiger partial charge is 0.243 e. The molecule has 0 saturated carbocycles. The number of likely N-dealkylation sites (N-methyl/N-ethyl adjacent to an activating group) is 1. The summed E-state index contributed by atoms with van der Waals surface area (Å²) < 4.78 is 26.2. The highest BCUT2D eigenvalue weighted by atomic mass is 32.2. The molecule has 1 amide bonds. The van der Waals surface area contributed by atoms with Gasteiger partial charge in [0, 0.05) is 26.3 Å². The molecule has 0 radical (unpaired) electrons. The van der Waals surface area contributed by atoms with Crippen molar-refractivity contribution >= 4 is 21.6 Å². The Kier molecular flexibility index (Phi) is 5.52. The summed E-state index contributed by atoms with van der Waals surface area (Å²) in [7, 11) is -0.515. The van der Waals surface area contributed by atoms with E-state index in [0.717, 1.165) is 0 Å². The van der Waals surface area contributed by atoms with Crippen molar-refractivity contribution in [1.29, 1.82) is 0 Å². The normalized spacial score (nSPS) is 11.6. The van der Waals surface area contributed by atoms with Crippen molar-refractivity contribution in [3.8, 4) is 0 Å². The predicted molar refractivity (Wildman–Crippen MR) is 78.6 cm³/mol. The topological polar surface area (TPSA) is 83.7 Å². The molecule has 0 fully saturated rings. The van der Waals surface area contributed by atoms with Gasteiger partial charge in [-0.2, -0.15) is 4.31 Å². The summed E-state index contributed by atoms with van der Waals surface area (Å²) in [5.41, 5.74) is 6.00. The molecular weight excluding hydrogens is 278 g/mol. The Morgan fingerprint density at radius 2 is 1.95 bits per heavy atom. The maximum absolute atomic E-state index is 12.5. The molecule has 6 nitrogen and oxygen atoms in total. The first-order valence-electron chi connectivity index (χ1n) is 6.35. The number of carbonyl (C=O) groups is 1. The van der Waals surface area contributed by atoms with Crippen LogP contribution in [0.25, 0.3) is 0 Å². The summed E-state index contributed by atoms with van der Waals surface area (Å²) in [4.78, 5) is 13.2. The summed E-state index contributed by atoms with van der Waals surface area (Å²) >= 11 is 0. The fraction of sp³-hybridized carbons (Fsp3) is 0.462. The Morgan fingerprint density at radius 1 is 1.30 bits per heavy atom. The Morgan fingerprint density at radius 3 is 2.45 bits per heavy atom. The summed E-state index contributed by atoms with van der Waals surface area (Å²) in [5.74, 6) is -0.258. The van der Waals surface area contributed by atoms with Gasteiger partial charge in [-0.25, -0.2) is 8.42 Å². The second-order valence-corrected chi connectivity index (χ2v) is 6.64. The molecule has 0 atom stereocenters. The van der Waals surface area contributed by atoms with Crippen molar-refractivity contribution in [2.45, 2.75) is 18.2 Å². The molecule has 2 N–H and O–H groups in total. The van der Waals surface area contributed by atoms with Crippen LogP contribution in [0.5, 0.6) is 0 Å². The van der Waals surface area contributed by atoms with E-state index in [-0.39, 0.29) is 23.9 Å². The number of hydrogen-bond acceptors (Lipinski definition) is 4. The number of hydrogen-bond donors (Lipinski definition) is 1. The molecule has 0 unspecified atom stereocenters. The van der Waals surface area contributed by atoms with Gasteiger partial charge >= 0.3 is 0 Å². The molecule has 20 heavy (non-hydrogen) atoms. The Bertz CT molecular complexity index is 570.